The van der Waals surface area contributed by atoms with Crippen LogP contribution in [0.1, 0.15) is 13.8 Å². The van der Waals surface area contributed by atoms with Gasteiger partial charge >= 0.3 is 0 Å². The van der Waals surface area contributed by atoms with Gasteiger partial charge in [0.15, 0.2) is 0 Å². The number of alkyl halides is 1. The smallest absolute Gasteiger partial charge is 0.229 e. The van der Waals surface area contributed by atoms with Crippen LogP contribution in [0.3, 0.4) is 0 Å². The maximum absolute atomic E-state index is 12.3. The number of phenolic OH excluding ortho intramolecular Hbond substituents is 1. The van der Waals surface area contributed by atoms with Crippen molar-refractivity contribution in [2.45, 2.75) is 13.8 Å². The van der Waals surface area contributed by atoms with E-state index in [1.807, 2.05) is 30.9 Å². The Bertz CT molecular complexity index is 465. The average molecular weight is 297 g/mol. The molecule has 1 saturated heterocycles. The lowest BCUT2D eigenvalue weighted by Gasteiger charge is -2.39. The first-order chi connectivity index (χ1) is 9.44. The molecule has 0 bridgehead atoms. The highest BCUT2D eigenvalue weighted by Crippen LogP contribution is 2.24. The number of aromatic hydroxyl groups is 1. The zero-order valence-electron chi connectivity index (χ0n) is 12.0. The van der Waals surface area contributed by atoms with Crippen LogP contribution < -0.4 is 4.90 Å². The third-order valence-corrected chi connectivity index (χ3v) is 4.36. The minimum absolute atomic E-state index is 0.123. The Kier molecular flexibility index (Phi) is 4.43. The number of hydrogen-bond acceptors (Lipinski definition) is 3. The van der Waals surface area contributed by atoms with Crippen molar-refractivity contribution in [1.82, 2.24) is 4.90 Å². The van der Waals surface area contributed by atoms with Gasteiger partial charge in [-0.2, -0.15) is 0 Å². The molecule has 20 heavy (non-hydrogen) atoms. The normalized spacial score (nSPS) is 16.4. The third kappa shape index (κ3) is 3.18. The molecule has 0 radical (unpaired) electrons. The molecule has 1 aromatic rings. The molecule has 5 heteroatoms. The molecule has 1 amide bonds. The van der Waals surface area contributed by atoms with Crippen LogP contribution >= 0.6 is 11.6 Å². The molecule has 0 aromatic heterocycles. The van der Waals surface area contributed by atoms with E-state index in [0.717, 1.165) is 18.8 Å². The summed E-state index contributed by atoms with van der Waals surface area (Å²) in [6, 6.07) is 7.16. The number of phenols is 1. The minimum atomic E-state index is -0.498. The topological polar surface area (TPSA) is 43.8 Å². The van der Waals surface area contributed by atoms with Gasteiger partial charge in [0.25, 0.3) is 0 Å². The number of amides is 1. The van der Waals surface area contributed by atoms with Gasteiger partial charge in [-0.3, -0.25) is 4.79 Å². The van der Waals surface area contributed by atoms with Crippen molar-refractivity contribution in [3.63, 3.8) is 0 Å². The van der Waals surface area contributed by atoms with E-state index in [0.29, 0.717) is 19.0 Å². The SMILES string of the molecule is CC(C)(CCl)C(=O)N1CCN(c2ccc(O)cc2)CC1. The lowest BCUT2D eigenvalue weighted by Crippen LogP contribution is -2.52. The molecule has 0 atom stereocenters. The number of anilines is 1. The quantitative estimate of drug-likeness (QED) is 0.871. The summed E-state index contributed by atoms with van der Waals surface area (Å²) in [6.45, 7) is 6.78. The number of carbonyl (C=O) groups excluding carboxylic acids is 1. The Hall–Kier alpha value is -1.42. The number of benzene rings is 1. The molecular formula is C15H21ClN2O2. The Labute approximate surface area is 124 Å². The molecule has 110 valence electrons. The van der Waals surface area contributed by atoms with Gasteiger partial charge in [0.1, 0.15) is 5.75 Å². The lowest BCUT2D eigenvalue weighted by atomic mass is 9.94. The summed E-state index contributed by atoms with van der Waals surface area (Å²) >= 11 is 5.87. The fraction of sp³-hybridized carbons (Fsp3) is 0.533. The molecule has 2 rings (SSSR count). The van der Waals surface area contributed by atoms with Crippen LogP contribution in [-0.4, -0.2) is 48.0 Å². The summed E-state index contributed by atoms with van der Waals surface area (Å²) in [4.78, 5) is 16.4. The molecule has 1 fully saturated rings. The van der Waals surface area contributed by atoms with Crippen LogP contribution in [0.5, 0.6) is 5.75 Å². The van der Waals surface area contributed by atoms with Crippen LogP contribution in [0.2, 0.25) is 0 Å². The van der Waals surface area contributed by atoms with Crippen molar-refractivity contribution < 1.29 is 9.90 Å². The van der Waals surface area contributed by atoms with Crippen LogP contribution in [0.4, 0.5) is 5.69 Å². The lowest BCUT2D eigenvalue weighted by molar-refractivity contribution is -0.139. The van der Waals surface area contributed by atoms with E-state index >= 15 is 0 Å². The number of rotatable bonds is 3. The van der Waals surface area contributed by atoms with Crippen molar-refractivity contribution >= 4 is 23.2 Å². The molecule has 1 N–H and O–H groups in total. The van der Waals surface area contributed by atoms with Gasteiger partial charge in [0.05, 0.1) is 5.41 Å². The number of carbonyl (C=O) groups is 1. The Balaban J connectivity index is 1.96. The summed E-state index contributed by atoms with van der Waals surface area (Å²) in [5.41, 5.74) is 0.578. The van der Waals surface area contributed by atoms with Gasteiger partial charge in [0, 0.05) is 37.7 Å². The third-order valence-electron chi connectivity index (χ3n) is 3.69. The number of nitrogens with zero attached hydrogens (tertiary/aromatic N) is 2. The van der Waals surface area contributed by atoms with E-state index in [1.54, 1.807) is 12.1 Å². The Morgan fingerprint density at radius 3 is 2.25 bits per heavy atom. The van der Waals surface area contributed by atoms with Gasteiger partial charge in [0.2, 0.25) is 5.91 Å². The van der Waals surface area contributed by atoms with Crippen molar-refractivity contribution in [2.24, 2.45) is 5.41 Å². The number of hydrogen-bond donors (Lipinski definition) is 1. The van der Waals surface area contributed by atoms with E-state index in [4.69, 9.17) is 11.6 Å². The Morgan fingerprint density at radius 2 is 1.75 bits per heavy atom. The fourth-order valence-electron chi connectivity index (χ4n) is 2.32. The van der Waals surface area contributed by atoms with E-state index in [1.165, 1.54) is 0 Å². The first kappa shape index (κ1) is 15.0. The van der Waals surface area contributed by atoms with Crippen molar-refractivity contribution in [2.75, 3.05) is 37.0 Å². The molecule has 0 unspecified atom stereocenters. The Morgan fingerprint density at radius 1 is 1.20 bits per heavy atom. The number of halogens is 1. The van der Waals surface area contributed by atoms with Crippen molar-refractivity contribution in [1.29, 1.82) is 0 Å². The number of piperazine rings is 1. The zero-order valence-corrected chi connectivity index (χ0v) is 12.7. The second-order valence-corrected chi connectivity index (χ2v) is 6.08. The summed E-state index contributed by atoms with van der Waals surface area (Å²) in [5, 5.41) is 9.30. The summed E-state index contributed by atoms with van der Waals surface area (Å²) in [6.07, 6.45) is 0. The van der Waals surface area contributed by atoms with Gasteiger partial charge in [-0.25, -0.2) is 0 Å². The average Bonchev–Trinajstić information content (AvgIpc) is 2.47. The molecule has 4 nitrogen and oxygen atoms in total. The van der Waals surface area contributed by atoms with Gasteiger partial charge < -0.3 is 14.9 Å². The summed E-state index contributed by atoms with van der Waals surface area (Å²) in [5.74, 6) is 0.730. The van der Waals surface area contributed by atoms with Crippen LogP contribution in [0, 0.1) is 5.41 Å². The summed E-state index contributed by atoms with van der Waals surface area (Å²) < 4.78 is 0. The summed E-state index contributed by atoms with van der Waals surface area (Å²) in [7, 11) is 0. The predicted molar refractivity (Wildman–Crippen MR) is 81.4 cm³/mol. The van der Waals surface area contributed by atoms with Gasteiger partial charge in [-0.05, 0) is 38.1 Å². The molecule has 0 spiro atoms. The second-order valence-electron chi connectivity index (χ2n) is 5.81. The van der Waals surface area contributed by atoms with E-state index < -0.39 is 5.41 Å². The standard InChI is InChI=1S/C15H21ClN2O2/c1-15(2,11-16)14(20)18-9-7-17(8-10-18)12-3-5-13(19)6-4-12/h3-6,19H,7-11H2,1-2H3. The second kappa shape index (κ2) is 5.92. The van der Waals surface area contributed by atoms with Crippen LogP contribution in [-0.2, 0) is 4.79 Å². The molecule has 1 aliphatic heterocycles. The fourth-order valence-corrected chi connectivity index (χ4v) is 2.43. The highest BCUT2D eigenvalue weighted by molar-refractivity contribution is 6.19. The maximum Gasteiger partial charge on any atom is 0.229 e. The largest absolute Gasteiger partial charge is 0.508 e. The molecule has 0 aliphatic carbocycles. The molecule has 1 aliphatic rings. The van der Waals surface area contributed by atoms with E-state index in [-0.39, 0.29) is 11.7 Å². The molecule has 1 heterocycles. The van der Waals surface area contributed by atoms with Gasteiger partial charge in [-0.15, -0.1) is 11.6 Å². The minimum Gasteiger partial charge on any atom is -0.508 e. The molecular weight excluding hydrogens is 276 g/mol. The first-order valence-corrected chi connectivity index (χ1v) is 7.37. The van der Waals surface area contributed by atoms with E-state index in [9.17, 15) is 9.90 Å². The van der Waals surface area contributed by atoms with Crippen LogP contribution in [0.15, 0.2) is 24.3 Å². The zero-order chi connectivity index (χ0) is 14.8. The molecule has 1 aromatic carbocycles. The highest BCUT2D eigenvalue weighted by Gasteiger charge is 2.32. The maximum atomic E-state index is 12.3. The monoisotopic (exact) mass is 296 g/mol. The van der Waals surface area contributed by atoms with Crippen molar-refractivity contribution in [3.05, 3.63) is 24.3 Å². The van der Waals surface area contributed by atoms with Gasteiger partial charge in [-0.1, -0.05) is 0 Å². The first-order valence-electron chi connectivity index (χ1n) is 6.83. The highest BCUT2D eigenvalue weighted by atomic mass is 35.5. The molecule has 0 saturated carbocycles. The van der Waals surface area contributed by atoms with E-state index in [2.05, 4.69) is 4.90 Å². The predicted octanol–water partition coefficient (Wildman–Crippen LogP) is 2.31. The van der Waals surface area contributed by atoms with Crippen LogP contribution in [0.25, 0.3) is 0 Å². The van der Waals surface area contributed by atoms with Crippen molar-refractivity contribution in [3.8, 4) is 5.75 Å².